The highest BCUT2D eigenvalue weighted by atomic mass is 35.5. The molecule has 4 rings (SSSR count). The van der Waals surface area contributed by atoms with Gasteiger partial charge in [-0.05, 0) is 68.4 Å². The van der Waals surface area contributed by atoms with Gasteiger partial charge in [-0.25, -0.2) is 0 Å². The molecule has 0 aliphatic carbocycles. The molecule has 2 aliphatic heterocycles. The number of rotatable bonds is 6. The molecule has 0 bridgehead atoms. The Balaban J connectivity index is 1.70. The molecule has 7 heteroatoms. The van der Waals surface area contributed by atoms with Crippen LogP contribution >= 0.6 is 11.6 Å². The lowest BCUT2D eigenvalue weighted by atomic mass is 10.00. The van der Waals surface area contributed by atoms with Crippen LogP contribution in [0.4, 0.5) is 0 Å². The quantitative estimate of drug-likeness (QED) is 0.625. The van der Waals surface area contributed by atoms with E-state index >= 15 is 0 Å². The normalized spacial score (nSPS) is 17.9. The molecular weight excluding hydrogens is 426 g/mol. The van der Waals surface area contributed by atoms with Gasteiger partial charge in [0.2, 0.25) is 0 Å². The maximum atomic E-state index is 13.6. The third kappa shape index (κ3) is 4.38. The fraction of sp³-hybridized carbons (Fsp3) is 0.360. The van der Waals surface area contributed by atoms with E-state index in [0.717, 1.165) is 37.1 Å². The first kappa shape index (κ1) is 22.4. The Kier molecular flexibility index (Phi) is 6.53. The van der Waals surface area contributed by atoms with Crippen LogP contribution in [-0.2, 0) is 16.1 Å². The Hall–Kier alpha value is -2.83. The van der Waals surface area contributed by atoms with Crippen molar-refractivity contribution < 1.29 is 14.3 Å². The summed E-state index contributed by atoms with van der Waals surface area (Å²) in [5.74, 6) is 0.177. The number of carbonyl (C=O) groups excluding carboxylic acids is 2. The molecule has 1 fully saturated rings. The molecule has 32 heavy (non-hydrogen) atoms. The second-order valence-corrected chi connectivity index (χ2v) is 8.86. The lowest BCUT2D eigenvalue weighted by Crippen LogP contribution is -2.43. The number of halogens is 1. The number of benzene rings is 2. The second-order valence-electron chi connectivity index (χ2n) is 8.42. The van der Waals surface area contributed by atoms with Crippen molar-refractivity contribution in [3.8, 4) is 5.75 Å². The van der Waals surface area contributed by atoms with E-state index in [2.05, 4.69) is 11.9 Å². The molecule has 0 saturated carbocycles. The van der Waals surface area contributed by atoms with Gasteiger partial charge in [0.15, 0.2) is 0 Å². The van der Waals surface area contributed by atoms with E-state index in [1.54, 1.807) is 19.2 Å². The summed E-state index contributed by atoms with van der Waals surface area (Å²) < 4.78 is 5.26. The van der Waals surface area contributed by atoms with Crippen LogP contribution in [0, 0.1) is 0 Å². The number of hydrogen-bond donors (Lipinski definition) is 0. The molecule has 0 radical (unpaired) electrons. The molecular formula is C25H28ClN3O3. The number of nitrogens with zero attached hydrogens (tertiary/aromatic N) is 3. The van der Waals surface area contributed by atoms with Crippen LogP contribution < -0.4 is 4.74 Å². The van der Waals surface area contributed by atoms with Gasteiger partial charge in [-0.3, -0.25) is 14.5 Å². The van der Waals surface area contributed by atoms with Gasteiger partial charge in [0.1, 0.15) is 11.4 Å². The van der Waals surface area contributed by atoms with E-state index in [4.69, 9.17) is 16.3 Å². The van der Waals surface area contributed by atoms with E-state index in [1.165, 1.54) is 4.90 Å². The number of carbonyl (C=O) groups is 2. The molecule has 2 amide bonds. The summed E-state index contributed by atoms with van der Waals surface area (Å²) in [7, 11) is 5.65. The number of hydrogen-bond acceptors (Lipinski definition) is 5. The van der Waals surface area contributed by atoms with Gasteiger partial charge in [-0.2, -0.15) is 0 Å². The molecule has 0 atom stereocenters. The summed E-state index contributed by atoms with van der Waals surface area (Å²) in [4.78, 5) is 32.8. The van der Waals surface area contributed by atoms with E-state index in [-0.39, 0.29) is 24.4 Å². The Morgan fingerprint density at radius 1 is 1.00 bits per heavy atom. The highest BCUT2D eigenvalue weighted by Gasteiger charge is 2.42. The monoisotopic (exact) mass is 453 g/mol. The van der Waals surface area contributed by atoms with Crippen LogP contribution in [0.5, 0.6) is 5.75 Å². The molecule has 0 unspecified atom stereocenters. The van der Waals surface area contributed by atoms with E-state index in [0.29, 0.717) is 22.0 Å². The summed E-state index contributed by atoms with van der Waals surface area (Å²) >= 11 is 6.00. The molecule has 6 nitrogen and oxygen atoms in total. The first-order valence-electron chi connectivity index (χ1n) is 10.8. The topological polar surface area (TPSA) is 53.1 Å². The molecule has 2 aromatic carbocycles. The number of piperidine rings is 1. The van der Waals surface area contributed by atoms with Crippen LogP contribution in [0.15, 0.2) is 54.2 Å². The fourth-order valence-corrected chi connectivity index (χ4v) is 4.52. The van der Waals surface area contributed by atoms with Crippen molar-refractivity contribution in [3.63, 3.8) is 0 Å². The zero-order chi connectivity index (χ0) is 22.8. The van der Waals surface area contributed by atoms with Crippen LogP contribution in [0.3, 0.4) is 0 Å². The zero-order valence-electron chi connectivity index (χ0n) is 18.7. The molecule has 0 aromatic heterocycles. The Labute approximate surface area is 194 Å². The molecule has 0 N–H and O–H groups in total. The minimum absolute atomic E-state index is 0.208. The van der Waals surface area contributed by atoms with Crippen molar-refractivity contribution in [1.29, 1.82) is 0 Å². The molecule has 1 saturated heterocycles. The predicted octanol–water partition coefficient (Wildman–Crippen LogP) is 3.65. The van der Waals surface area contributed by atoms with Gasteiger partial charge in [0, 0.05) is 18.1 Å². The second kappa shape index (κ2) is 9.35. The fourth-order valence-electron chi connectivity index (χ4n) is 4.39. The number of imide groups is 1. The van der Waals surface area contributed by atoms with Crippen LogP contribution in [-0.4, -0.2) is 66.9 Å². The minimum atomic E-state index is -0.273. The van der Waals surface area contributed by atoms with E-state index in [9.17, 15) is 9.59 Å². The third-order valence-corrected chi connectivity index (χ3v) is 6.62. The Bertz CT molecular complexity index is 1030. The first-order chi connectivity index (χ1) is 15.4. The van der Waals surface area contributed by atoms with Gasteiger partial charge < -0.3 is 14.5 Å². The average molecular weight is 454 g/mol. The Morgan fingerprint density at radius 3 is 2.22 bits per heavy atom. The van der Waals surface area contributed by atoms with Crippen molar-refractivity contribution in [3.05, 3.63) is 70.4 Å². The molecule has 2 aromatic rings. The van der Waals surface area contributed by atoms with Crippen LogP contribution in [0.1, 0.15) is 24.0 Å². The largest absolute Gasteiger partial charge is 0.497 e. The van der Waals surface area contributed by atoms with E-state index < -0.39 is 0 Å². The summed E-state index contributed by atoms with van der Waals surface area (Å²) in [6, 6.07) is 14.7. The molecule has 2 heterocycles. The maximum absolute atomic E-state index is 13.6. The summed E-state index contributed by atoms with van der Waals surface area (Å²) in [5, 5.41) is 0.618. The maximum Gasteiger partial charge on any atom is 0.278 e. The molecule has 168 valence electrons. The molecule has 2 aliphatic rings. The van der Waals surface area contributed by atoms with Crippen LogP contribution in [0.2, 0.25) is 5.02 Å². The summed E-state index contributed by atoms with van der Waals surface area (Å²) in [6.07, 6.45) is 1.90. The number of ether oxygens (including phenoxy) is 1. The SMILES string of the molecule is COc1ccc(C2=C(N(C)C3CCN(C)CC3)C(=O)N(Cc3ccc(Cl)cc3)C2=O)cc1. The third-order valence-electron chi connectivity index (χ3n) is 6.36. The smallest absolute Gasteiger partial charge is 0.278 e. The van der Waals surface area contributed by atoms with Crippen molar-refractivity contribution in [2.24, 2.45) is 0 Å². The summed E-state index contributed by atoms with van der Waals surface area (Å²) in [5.41, 5.74) is 2.50. The van der Waals surface area contributed by atoms with Gasteiger partial charge in [0.05, 0.1) is 19.2 Å². The van der Waals surface area contributed by atoms with Crippen molar-refractivity contribution >= 4 is 29.0 Å². The van der Waals surface area contributed by atoms with Crippen LogP contribution in [0.25, 0.3) is 5.57 Å². The predicted molar refractivity (Wildman–Crippen MR) is 125 cm³/mol. The van der Waals surface area contributed by atoms with Crippen molar-refractivity contribution in [2.45, 2.75) is 25.4 Å². The lowest BCUT2D eigenvalue weighted by molar-refractivity contribution is -0.138. The number of likely N-dealkylation sites (N-methyl/N-ethyl adjacent to an activating group) is 1. The number of amides is 2. The highest BCUT2D eigenvalue weighted by molar-refractivity contribution is 6.35. The van der Waals surface area contributed by atoms with Gasteiger partial charge in [0.25, 0.3) is 11.8 Å². The number of likely N-dealkylation sites (tertiary alicyclic amines) is 1. The van der Waals surface area contributed by atoms with Gasteiger partial charge in [-0.15, -0.1) is 0 Å². The van der Waals surface area contributed by atoms with Crippen molar-refractivity contribution in [1.82, 2.24) is 14.7 Å². The minimum Gasteiger partial charge on any atom is -0.497 e. The summed E-state index contributed by atoms with van der Waals surface area (Å²) in [6.45, 7) is 2.15. The standard InChI is InChI=1S/C25H28ClN3O3/c1-27-14-12-20(13-15-27)28(2)23-22(18-6-10-21(32-3)11-7-18)24(30)29(25(23)31)16-17-4-8-19(26)9-5-17/h4-11,20H,12-16H2,1-3H3. The number of methoxy groups -OCH3 is 1. The Morgan fingerprint density at radius 2 is 1.62 bits per heavy atom. The lowest BCUT2D eigenvalue weighted by Gasteiger charge is -2.36. The average Bonchev–Trinajstić information content (AvgIpc) is 3.05. The zero-order valence-corrected chi connectivity index (χ0v) is 19.4. The van der Waals surface area contributed by atoms with Gasteiger partial charge in [-0.1, -0.05) is 35.9 Å². The van der Waals surface area contributed by atoms with Crippen molar-refractivity contribution in [2.75, 3.05) is 34.3 Å². The van der Waals surface area contributed by atoms with E-state index in [1.807, 2.05) is 48.3 Å². The molecule has 0 spiro atoms. The highest BCUT2D eigenvalue weighted by Crippen LogP contribution is 2.35. The van der Waals surface area contributed by atoms with Gasteiger partial charge >= 0.3 is 0 Å². The first-order valence-corrected chi connectivity index (χ1v) is 11.2.